The lowest BCUT2D eigenvalue weighted by atomic mass is 10.1. The van der Waals surface area contributed by atoms with Gasteiger partial charge in [0.2, 0.25) is 0 Å². The first kappa shape index (κ1) is 16.6. The Morgan fingerprint density at radius 3 is 2.46 bits per heavy atom. The van der Waals surface area contributed by atoms with E-state index in [1.54, 1.807) is 66.7 Å². The Morgan fingerprint density at radius 1 is 0.962 bits per heavy atom. The van der Waals surface area contributed by atoms with Crippen molar-refractivity contribution in [3.8, 4) is 11.3 Å². The first-order valence-electron chi connectivity index (χ1n) is 7.81. The molecular weight excluding hydrogens is 370 g/mol. The van der Waals surface area contributed by atoms with Gasteiger partial charge in [-0.3, -0.25) is 0 Å². The molecule has 130 valence electrons. The zero-order chi connectivity index (χ0) is 18.3. The highest BCUT2D eigenvalue weighted by Crippen LogP contribution is 2.34. The molecule has 2 aromatic carbocycles. The maximum atomic E-state index is 13.3. The van der Waals surface area contributed by atoms with Crippen LogP contribution in [0.15, 0.2) is 77.8 Å². The molecule has 0 unspecified atom stereocenters. The molecule has 2 heterocycles. The van der Waals surface area contributed by atoms with Crippen LogP contribution in [0.4, 0.5) is 5.69 Å². The number of rotatable bonds is 3. The molecular formula is C19H14ClN3O2S. The largest absolute Gasteiger partial charge is 0.399 e. The van der Waals surface area contributed by atoms with Crippen molar-refractivity contribution in [2.24, 2.45) is 0 Å². The highest BCUT2D eigenvalue weighted by atomic mass is 35.5. The first-order valence-corrected chi connectivity index (χ1v) is 9.63. The van der Waals surface area contributed by atoms with Crippen LogP contribution in [0.3, 0.4) is 0 Å². The lowest BCUT2D eigenvalue weighted by Crippen LogP contribution is -2.14. The number of nitrogens with zero attached hydrogens (tertiary/aromatic N) is 2. The fourth-order valence-electron chi connectivity index (χ4n) is 2.88. The highest BCUT2D eigenvalue weighted by Gasteiger charge is 2.25. The minimum absolute atomic E-state index is 0.171. The zero-order valence-corrected chi connectivity index (χ0v) is 15.1. The Kier molecular flexibility index (Phi) is 3.94. The third kappa shape index (κ3) is 2.64. The SMILES string of the molecule is Nc1cccc(-c2cc3c(Cl)ccnc3n2S(=O)(=O)c2ccccc2)c1. The molecule has 0 aliphatic rings. The molecule has 26 heavy (non-hydrogen) atoms. The molecule has 0 saturated heterocycles. The van der Waals surface area contributed by atoms with Crippen LogP contribution >= 0.6 is 11.6 Å². The van der Waals surface area contributed by atoms with E-state index in [4.69, 9.17) is 17.3 Å². The number of nitrogen functional groups attached to an aromatic ring is 1. The summed E-state index contributed by atoms with van der Waals surface area (Å²) in [6.07, 6.45) is 1.49. The predicted molar refractivity (Wildman–Crippen MR) is 104 cm³/mol. The molecule has 0 aliphatic heterocycles. The molecule has 0 bridgehead atoms. The van der Waals surface area contributed by atoms with E-state index in [0.717, 1.165) is 0 Å². The van der Waals surface area contributed by atoms with Crippen LogP contribution in [0.5, 0.6) is 0 Å². The molecule has 4 aromatic rings. The summed E-state index contributed by atoms with van der Waals surface area (Å²) in [5.74, 6) is 0. The maximum absolute atomic E-state index is 13.3. The van der Waals surface area contributed by atoms with Gasteiger partial charge in [0.05, 0.1) is 15.6 Å². The molecule has 0 fully saturated rings. The summed E-state index contributed by atoms with van der Waals surface area (Å²) in [4.78, 5) is 4.44. The van der Waals surface area contributed by atoms with Crippen molar-refractivity contribution < 1.29 is 8.42 Å². The Hall–Kier alpha value is -2.83. The first-order chi connectivity index (χ1) is 12.5. The number of aromatic nitrogens is 2. The second-order valence-electron chi connectivity index (χ2n) is 5.77. The topological polar surface area (TPSA) is 78.0 Å². The molecule has 0 amide bonds. The van der Waals surface area contributed by atoms with Crippen molar-refractivity contribution in [3.63, 3.8) is 0 Å². The van der Waals surface area contributed by atoms with Crippen LogP contribution in [0.2, 0.25) is 5.02 Å². The molecule has 0 saturated carbocycles. The molecule has 2 N–H and O–H groups in total. The van der Waals surface area contributed by atoms with Crippen LogP contribution in [-0.2, 0) is 10.0 Å². The quantitative estimate of drug-likeness (QED) is 0.538. The number of benzene rings is 2. The number of fused-ring (bicyclic) bond motifs is 1. The summed E-state index contributed by atoms with van der Waals surface area (Å²) in [6.45, 7) is 0. The van der Waals surface area contributed by atoms with E-state index >= 15 is 0 Å². The second-order valence-corrected chi connectivity index (χ2v) is 7.96. The van der Waals surface area contributed by atoms with Crippen molar-refractivity contribution in [3.05, 3.63) is 77.9 Å². The smallest absolute Gasteiger partial charge is 0.269 e. The van der Waals surface area contributed by atoms with E-state index in [0.29, 0.717) is 27.4 Å². The van der Waals surface area contributed by atoms with E-state index in [9.17, 15) is 8.42 Å². The normalized spacial score (nSPS) is 11.7. The Labute approximate surface area is 155 Å². The second kappa shape index (κ2) is 6.16. The third-order valence-corrected chi connectivity index (χ3v) is 6.12. The fraction of sp³-hybridized carbons (Fsp3) is 0. The zero-order valence-electron chi connectivity index (χ0n) is 13.5. The maximum Gasteiger partial charge on any atom is 0.269 e. The minimum Gasteiger partial charge on any atom is -0.399 e. The van der Waals surface area contributed by atoms with Crippen LogP contribution < -0.4 is 5.73 Å². The number of pyridine rings is 1. The van der Waals surface area contributed by atoms with E-state index in [2.05, 4.69) is 4.98 Å². The molecule has 0 atom stereocenters. The van der Waals surface area contributed by atoms with E-state index in [1.165, 1.54) is 10.2 Å². The standard InChI is InChI=1S/C19H14ClN3O2S/c20-17-9-10-22-19-16(17)12-18(13-5-4-6-14(21)11-13)23(19)26(24,25)15-7-2-1-3-8-15/h1-12H,21H2. The van der Waals surface area contributed by atoms with Gasteiger partial charge < -0.3 is 5.73 Å². The average Bonchev–Trinajstić information content (AvgIpc) is 3.04. The van der Waals surface area contributed by atoms with Crippen molar-refractivity contribution in [2.75, 3.05) is 5.73 Å². The fourth-order valence-corrected chi connectivity index (χ4v) is 4.58. The van der Waals surface area contributed by atoms with Crippen molar-refractivity contribution in [1.82, 2.24) is 8.96 Å². The van der Waals surface area contributed by atoms with Gasteiger partial charge in [-0.1, -0.05) is 41.9 Å². The van der Waals surface area contributed by atoms with Crippen LogP contribution in [0, 0.1) is 0 Å². The summed E-state index contributed by atoms with van der Waals surface area (Å²) < 4.78 is 27.9. The summed E-state index contributed by atoms with van der Waals surface area (Å²) in [5, 5.41) is 0.994. The van der Waals surface area contributed by atoms with Crippen LogP contribution in [0.25, 0.3) is 22.3 Å². The number of anilines is 1. The lowest BCUT2D eigenvalue weighted by Gasteiger charge is -2.12. The van der Waals surface area contributed by atoms with Crippen molar-refractivity contribution in [1.29, 1.82) is 0 Å². The molecule has 4 rings (SSSR count). The van der Waals surface area contributed by atoms with E-state index in [-0.39, 0.29) is 10.5 Å². The van der Waals surface area contributed by atoms with Crippen LogP contribution in [0.1, 0.15) is 0 Å². The average molecular weight is 384 g/mol. The highest BCUT2D eigenvalue weighted by molar-refractivity contribution is 7.90. The summed E-state index contributed by atoms with van der Waals surface area (Å²) in [6, 6.07) is 18.6. The molecule has 0 radical (unpaired) electrons. The lowest BCUT2D eigenvalue weighted by molar-refractivity contribution is 0.589. The van der Waals surface area contributed by atoms with Crippen LogP contribution in [-0.4, -0.2) is 17.4 Å². The minimum atomic E-state index is -3.88. The van der Waals surface area contributed by atoms with Gasteiger partial charge in [0, 0.05) is 22.8 Å². The van der Waals surface area contributed by atoms with Crippen molar-refractivity contribution >= 4 is 38.3 Å². The molecule has 0 aliphatic carbocycles. The molecule has 0 spiro atoms. The van der Waals surface area contributed by atoms with Gasteiger partial charge in [0.15, 0.2) is 5.65 Å². The number of hydrogen-bond donors (Lipinski definition) is 1. The van der Waals surface area contributed by atoms with E-state index < -0.39 is 10.0 Å². The number of halogens is 1. The molecule has 7 heteroatoms. The Bertz CT molecular complexity index is 1220. The summed E-state index contributed by atoms with van der Waals surface area (Å²) in [5.41, 5.74) is 7.82. The number of nitrogens with two attached hydrogens (primary N) is 1. The monoisotopic (exact) mass is 383 g/mol. The van der Waals surface area contributed by atoms with Gasteiger partial charge in [-0.2, -0.15) is 0 Å². The van der Waals surface area contributed by atoms with Gasteiger partial charge in [-0.25, -0.2) is 17.4 Å². The van der Waals surface area contributed by atoms with Gasteiger partial charge >= 0.3 is 0 Å². The third-order valence-electron chi connectivity index (χ3n) is 4.07. The summed E-state index contributed by atoms with van der Waals surface area (Å²) in [7, 11) is -3.88. The van der Waals surface area contributed by atoms with E-state index in [1.807, 2.05) is 0 Å². The molecule has 2 aromatic heterocycles. The Balaban J connectivity index is 2.11. The van der Waals surface area contributed by atoms with Gasteiger partial charge in [-0.15, -0.1) is 0 Å². The van der Waals surface area contributed by atoms with Gasteiger partial charge in [0.1, 0.15) is 0 Å². The number of hydrogen-bond acceptors (Lipinski definition) is 4. The Morgan fingerprint density at radius 2 is 1.73 bits per heavy atom. The van der Waals surface area contributed by atoms with Gasteiger partial charge in [-0.05, 0) is 36.4 Å². The summed E-state index contributed by atoms with van der Waals surface area (Å²) >= 11 is 6.28. The van der Waals surface area contributed by atoms with Crippen molar-refractivity contribution in [2.45, 2.75) is 4.90 Å². The molecule has 5 nitrogen and oxygen atoms in total. The van der Waals surface area contributed by atoms with Gasteiger partial charge in [0.25, 0.3) is 10.0 Å². The predicted octanol–water partition coefficient (Wildman–Crippen LogP) is 4.18.